The monoisotopic (exact) mass is 738 g/mol. The number of fused-ring (bicyclic) bond motifs is 2. The van der Waals surface area contributed by atoms with Gasteiger partial charge in [0.25, 0.3) is 0 Å². The Hall–Kier alpha value is -3.01. The van der Waals surface area contributed by atoms with Crippen LogP contribution in [-0.4, -0.2) is 16.1 Å². The summed E-state index contributed by atoms with van der Waals surface area (Å²) in [6.45, 7) is 28.3. The molecule has 0 aliphatic rings. The van der Waals surface area contributed by atoms with Crippen molar-refractivity contribution in [1.82, 2.24) is 0 Å². The van der Waals surface area contributed by atoms with Crippen LogP contribution in [0.25, 0.3) is 41.1 Å². The maximum absolute atomic E-state index is 14.1. The number of hydrogen-bond donors (Lipinski definition) is 0. The maximum atomic E-state index is 14.1. The molecule has 0 nitrogen and oxygen atoms in total. The van der Waals surface area contributed by atoms with Crippen molar-refractivity contribution in [3.05, 3.63) is 83.4 Å². The lowest BCUT2D eigenvalue weighted by atomic mass is 10.0. The van der Waals surface area contributed by atoms with Gasteiger partial charge in [0.15, 0.2) is 0 Å². The molecule has 0 aliphatic heterocycles. The highest BCUT2D eigenvalue weighted by Gasteiger charge is 2.43. The van der Waals surface area contributed by atoms with Crippen molar-refractivity contribution in [1.29, 1.82) is 0 Å². The van der Waals surface area contributed by atoms with Gasteiger partial charge in [-0.05, 0) is 80.8 Å². The number of halogens is 2. The van der Waals surface area contributed by atoms with Crippen molar-refractivity contribution in [3.8, 4) is 43.8 Å². The molecule has 3 aromatic carbocycles. The molecule has 6 heteroatoms. The molecule has 5 aromatic rings. The third-order valence-corrected chi connectivity index (χ3v) is 26.2. The molecule has 0 N–H and O–H groups in total. The van der Waals surface area contributed by atoms with Gasteiger partial charge in [-0.3, -0.25) is 0 Å². The Morgan fingerprint density at radius 3 is 1.00 bits per heavy atom. The van der Waals surface area contributed by atoms with E-state index in [9.17, 15) is 8.78 Å². The molecule has 0 fully saturated rings. The van der Waals surface area contributed by atoms with Crippen LogP contribution >= 0.6 is 22.7 Å². The zero-order valence-electron chi connectivity index (χ0n) is 31.8. The van der Waals surface area contributed by atoms with E-state index in [1.54, 1.807) is 22.7 Å². The van der Waals surface area contributed by atoms with Crippen molar-refractivity contribution in [2.45, 2.75) is 116 Å². The molecular weight excluding hydrogens is 687 g/mol. The fourth-order valence-corrected chi connectivity index (χ4v) is 21.5. The highest BCUT2D eigenvalue weighted by atomic mass is 32.1. The first-order valence-electron chi connectivity index (χ1n) is 18.2. The predicted octanol–water partition coefficient (Wildman–Crippen LogP) is 14.9. The zero-order chi connectivity index (χ0) is 36.7. The lowest BCUT2D eigenvalue weighted by Crippen LogP contribution is -2.43. The van der Waals surface area contributed by atoms with Crippen molar-refractivity contribution in [3.63, 3.8) is 0 Å². The van der Waals surface area contributed by atoms with E-state index in [2.05, 4.69) is 118 Å². The van der Waals surface area contributed by atoms with E-state index in [0.29, 0.717) is 33.2 Å². The van der Waals surface area contributed by atoms with Gasteiger partial charge in [-0.25, -0.2) is 8.78 Å². The van der Waals surface area contributed by atoms with Gasteiger partial charge in [0.05, 0.1) is 20.5 Å². The second-order valence-corrected chi connectivity index (χ2v) is 29.0. The van der Waals surface area contributed by atoms with Crippen LogP contribution in [0.2, 0.25) is 33.2 Å². The number of benzene rings is 3. The summed E-state index contributed by atoms with van der Waals surface area (Å²) in [7, 11) is -4.12. The average Bonchev–Trinajstić information content (AvgIpc) is 3.67. The van der Waals surface area contributed by atoms with Gasteiger partial charge in [-0.2, -0.15) is 0 Å². The summed E-state index contributed by atoms with van der Waals surface area (Å²) < 4.78 is 30.4. The van der Waals surface area contributed by atoms with Crippen LogP contribution in [0.1, 0.15) is 94.2 Å². The van der Waals surface area contributed by atoms with Crippen LogP contribution in [0.4, 0.5) is 8.78 Å². The molecule has 0 spiro atoms. The first-order chi connectivity index (χ1) is 23.5. The Bertz CT molecular complexity index is 1860. The van der Waals surface area contributed by atoms with Crippen LogP contribution in [0.3, 0.4) is 0 Å². The first-order valence-corrected chi connectivity index (χ1v) is 24.2. The van der Waals surface area contributed by atoms with Crippen LogP contribution in [-0.2, 0) is 0 Å². The lowest BCUT2D eigenvalue weighted by molar-refractivity contribution is 0.627. The van der Waals surface area contributed by atoms with Gasteiger partial charge in [0.1, 0.15) is 27.8 Å². The predicted molar refractivity (Wildman–Crippen MR) is 224 cm³/mol. The molecule has 50 heavy (non-hydrogen) atoms. The number of thiophene rings is 2. The summed E-state index contributed by atoms with van der Waals surface area (Å²) in [6.07, 6.45) is 0. The summed E-state index contributed by atoms with van der Waals surface area (Å²) in [5.74, 6) is 7.30. The fourth-order valence-electron chi connectivity index (χ4n) is 8.74. The lowest BCUT2D eigenvalue weighted by Gasteiger charge is -2.38. The third kappa shape index (κ3) is 6.82. The molecule has 0 bridgehead atoms. The summed E-state index contributed by atoms with van der Waals surface area (Å²) in [6, 6.07) is 18.2. The van der Waals surface area contributed by atoms with E-state index in [4.69, 9.17) is 0 Å². The van der Waals surface area contributed by atoms with E-state index in [-0.39, 0.29) is 11.6 Å². The standard InChI is InChI=1S/C44H52F2S2Si2/c1-27(2)49(28(3)4,29(5)6)23-21-37-39-25-41(33-13-17-35(45)18-14-33)48-44(39)38(22-24-50(30(7)8,31(9)10)32(11)12)40-26-42(47-43(37)40)34-15-19-36(46)20-16-34/h13-20,25-32H,1-12H3. The van der Waals surface area contributed by atoms with Crippen LogP contribution in [0, 0.1) is 34.6 Å². The second-order valence-electron chi connectivity index (χ2n) is 15.8. The molecule has 5 rings (SSSR count). The van der Waals surface area contributed by atoms with Crippen LogP contribution < -0.4 is 0 Å². The minimum Gasteiger partial charge on any atom is -0.207 e. The van der Waals surface area contributed by atoms with Gasteiger partial charge in [0, 0.05) is 20.5 Å². The Morgan fingerprint density at radius 1 is 0.460 bits per heavy atom. The van der Waals surface area contributed by atoms with Gasteiger partial charge >= 0.3 is 0 Å². The summed E-state index contributed by atoms with van der Waals surface area (Å²) in [4.78, 5) is 2.17. The minimum absolute atomic E-state index is 0.239. The highest BCUT2D eigenvalue weighted by Crippen LogP contribution is 2.47. The molecule has 0 aliphatic carbocycles. The molecule has 0 atom stereocenters. The van der Waals surface area contributed by atoms with Gasteiger partial charge in [-0.1, -0.05) is 119 Å². The molecule has 2 aromatic heterocycles. The van der Waals surface area contributed by atoms with Crippen molar-refractivity contribution in [2.24, 2.45) is 0 Å². The summed E-state index contributed by atoms with van der Waals surface area (Å²) in [5, 5.41) is 2.24. The Balaban J connectivity index is 1.96. The maximum Gasteiger partial charge on any atom is 0.146 e. The number of hydrogen-bond acceptors (Lipinski definition) is 2. The third-order valence-electron chi connectivity index (χ3n) is 11.3. The van der Waals surface area contributed by atoms with Gasteiger partial charge < -0.3 is 0 Å². The highest BCUT2D eigenvalue weighted by molar-refractivity contribution is 7.24. The molecular formula is C44H52F2S2Si2. The summed E-state index contributed by atoms with van der Waals surface area (Å²) >= 11 is 3.47. The largest absolute Gasteiger partial charge is 0.207 e. The molecule has 0 radical (unpaired) electrons. The zero-order valence-corrected chi connectivity index (χ0v) is 35.4. The molecule has 2 heterocycles. The number of rotatable bonds is 8. The fraction of sp³-hybridized carbons (Fsp3) is 0.409. The molecule has 0 saturated heterocycles. The van der Waals surface area contributed by atoms with E-state index < -0.39 is 16.1 Å². The smallest absolute Gasteiger partial charge is 0.146 e. The molecule has 0 unspecified atom stereocenters. The second kappa shape index (κ2) is 14.9. The van der Waals surface area contributed by atoms with Crippen molar-refractivity contribution >= 4 is 59.0 Å². The average molecular weight is 739 g/mol. The van der Waals surface area contributed by atoms with E-state index in [1.165, 1.54) is 24.3 Å². The normalized spacial score (nSPS) is 12.6. The Morgan fingerprint density at radius 2 is 0.740 bits per heavy atom. The molecule has 262 valence electrons. The van der Waals surface area contributed by atoms with Crippen molar-refractivity contribution in [2.75, 3.05) is 0 Å². The molecule has 0 amide bonds. The van der Waals surface area contributed by atoms with E-state index in [0.717, 1.165) is 52.2 Å². The Kier molecular flexibility index (Phi) is 11.4. The molecule has 0 saturated carbocycles. The first kappa shape index (κ1) is 38.2. The quantitative estimate of drug-likeness (QED) is 0.110. The SMILES string of the molecule is CC(C)[Si](C#Cc1c2cc(-c3ccc(F)cc3)sc2c(C#C[Si](C(C)C)(C(C)C)C(C)C)c2cc(-c3ccc(F)cc3)sc12)(C(C)C)C(C)C. The van der Waals surface area contributed by atoms with Gasteiger partial charge in [0.2, 0.25) is 0 Å². The summed E-state index contributed by atoms with van der Waals surface area (Å²) in [5.41, 5.74) is 15.2. The van der Waals surface area contributed by atoms with Crippen LogP contribution in [0.15, 0.2) is 60.7 Å². The van der Waals surface area contributed by atoms with Crippen LogP contribution in [0.5, 0.6) is 0 Å². The van der Waals surface area contributed by atoms with Crippen molar-refractivity contribution < 1.29 is 8.78 Å². The van der Waals surface area contributed by atoms with E-state index >= 15 is 0 Å². The van der Waals surface area contributed by atoms with Gasteiger partial charge in [-0.15, -0.1) is 33.8 Å². The van der Waals surface area contributed by atoms with E-state index in [1.807, 2.05) is 24.3 Å². The Labute approximate surface area is 309 Å². The topological polar surface area (TPSA) is 0 Å². The minimum atomic E-state index is -2.06.